The molecular formula is C27H26ClFN8O2S. The Balaban J connectivity index is 1.75. The summed E-state index contributed by atoms with van der Waals surface area (Å²) in [4.78, 5) is 32.8. The van der Waals surface area contributed by atoms with E-state index < -0.39 is 17.5 Å². The number of thiazole rings is 1. The normalized spacial score (nSPS) is 11.4. The molecule has 0 bridgehead atoms. The number of alkyl halides is 1. The second kappa shape index (κ2) is 11.5. The van der Waals surface area contributed by atoms with Crippen molar-refractivity contribution < 1.29 is 14.0 Å². The van der Waals surface area contributed by atoms with Crippen LogP contribution in [0.15, 0.2) is 36.4 Å². The number of hydrogen-bond donors (Lipinski definition) is 2. The van der Waals surface area contributed by atoms with Crippen LogP contribution in [0.25, 0.3) is 11.3 Å². The fraction of sp³-hybridized carbons (Fsp3) is 0.296. The van der Waals surface area contributed by atoms with Gasteiger partial charge in [-0.05, 0) is 63.6 Å². The maximum atomic E-state index is 14.3. The van der Waals surface area contributed by atoms with E-state index in [4.69, 9.17) is 11.6 Å². The van der Waals surface area contributed by atoms with Gasteiger partial charge in [0, 0.05) is 11.6 Å². The van der Waals surface area contributed by atoms with Crippen LogP contribution in [0.3, 0.4) is 0 Å². The Hall–Kier alpha value is -4.21. The van der Waals surface area contributed by atoms with Gasteiger partial charge >= 0.3 is 0 Å². The molecule has 0 radical (unpaired) electrons. The summed E-state index contributed by atoms with van der Waals surface area (Å²) in [6, 6.07) is 11.9. The van der Waals surface area contributed by atoms with Crippen LogP contribution in [0.1, 0.15) is 69.7 Å². The average molecular weight is 581 g/mol. The predicted molar refractivity (Wildman–Crippen MR) is 150 cm³/mol. The van der Waals surface area contributed by atoms with E-state index in [1.165, 1.54) is 24.7 Å². The monoisotopic (exact) mass is 580 g/mol. The zero-order valence-electron chi connectivity index (χ0n) is 22.4. The maximum Gasteiger partial charge on any atom is 0.268 e. The van der Waals surface area contributed by atoms with Gasteiger partial charge in [0.15, 0.2) is 5.67 Å². The van der Waals surface area contributed by atoms with Crippen molar-refractivity contribution in [3.8, 4) is 17.3 Å². The van der Waals surface area contributed by atoms with E-state index in [2.05, 4.69) is 31.0 Å². The first-order chi connectivity index (χ1) is 18.9. The summed E-state index contributed by atoms with van der Waals surface area (Å²) in [6.07, 6.45) is 0. The molecule has 0 spiro atoms. The van der Waals surface area contributed by atoms with Crippen molar-refractivity contribution >= 4 is 40.4 Å². The van der Waals surface area contributed by atoms with Gasteiger partial charge in [0.1, 0.15) is 16.4 Å². The highest BCUT2D eigenvalue weighted by molar-refractivity contribution is 7.14. The predicted octanol–water partition coefficient (Wildman–Crippen LogP) is 5.27. The van der Waals surface area contributed by atoms with Crippen LogP contribution in [0.2, 0.25) is 5.02 Å². The largest absolute Gasteiger partial charge is 0.350 e. The molecule has 0 saturated carbocycles. The van der Waals surface area contributed by atoms with Gasteiger partial charge < -0.3 is 10.6 Å². The number of halogens is 2. The summed E-state index contributed by atoms with van der Waals surface area (Å²) in [5.41, 5.74) is 0.353. The molecule has 0 unspecified atom stereocenters. The van der Waals surface area contributed by atoms with Gasteiger partial charge in [0.2, 0.25) is 5.82 Å². The molecule has 2 aromatic heterocycles. The van der Waals surface area contributed by atoms with E-state index in [9.17, 15) is 19.2 Å². The van der Waals surface area contributed by atoms with Crippen LogP contribution >= 0.6 is 22.9 Å². The zero-order valence-corrected chi connectivity index (χ0v) is 24.0. The number of tetrazole rings is 1. The molecule has 0 aliphatic carbocycles. The summed E-state index contributed by atoms with van der Waals surface area (Å²) < 4.78 is 14.3. The number of benzene rings is 2. The van der Waals surface area contributed by atoms with Gasteiger partial charge in [0.05, 0.1) is 33.6 Å². The molecule has 0 fully saturated rings. The average Bonchev–Trinajstić information content (AvgIpc) is 3.52. The molecule has 10 nitrogen and oxygen atoms in total. The number of anilines is 1. The summed E-state index contributed by atoms with van der Waals surface area (Å²) in [7, 11) is 0. The molecule has 0 atom stereocenters. The highest BCUT2D eigenvalue weighted by Crippen LogP contribution is 2.34. The number of rotatable bonds is 8. The number of nitrogens with one attached hydrogen (secondary N) is 2. The van der Waals surface area contributed by atoms with Crippen LogP contribution in [-0.2, 0) is 12.2 Å². The van der Waals surface area contributed by atoms with Crippen molar-refractivity contribution in [2.75, 3.05) is 5.32 Å². The lowest BCUT2D eigenvalue weighted by atomic mass is 10.0. The van der Waals surface area contributed by atoms with Crippen molar-refractivity contribution in [2.24, 2.45) is 0 Å². The van der Waals surface area contributed by atoms with Crippen molar-refractivity contribution in [3.63, 3.8) is 0 Å². The SMILES string of the molecule is Cc1cc(C#N)cc(C(=O)NC(C)C)c1NC(=O)c1sc(Cn2nnc(C(C)(C)F)n2)nc1-c1ccccc1Cl. The molecule has 206 valence electrons. The quantitative estimate of drug-likeness (QED) is 0.289. The molecule has 0 aliphatic heterocycles. The van der Waals surface area contributed by atoms with Gasteiger partial charge in [-0.1, -0.05) is 29.8 Å². The molecule has 2 heterocycles. The third-order valence-corrected chi connectivity index (χ3v) is 7.00. The number of aryl methyl sites for hydroxylation is 1. The van der Waals surface area contributed by atoms with Crippen LogP contribution in [0, 0.1) is 18.3 Å². The number of carbonyl (C=O) groups is 2. The summed E-state index contributed by atoms with van der Waals surface area (Å²) in [6.45, 7) is 8.03. The minimum atomic E-state index is -1.77. The molecule has 2 amide bonds. The molecular weight excluding hydrogens is 555 g/mol. The maximum absolute atomic E-state index is 14.3. The Labute approximate surface area is 239 Å². The van der Waals surface area contributed by atoms with E-state index in [1.54, 1.807) is 37.3 Å². The Morgan fingerprint density at radius 1 is 1.23 bits per heavy atom. The lowest BCUT2D eigenvalue weighted by Gasteiger charge is -2.16. The van der Waals surface area contributed by atoms with Gasteiger partial charge in [-0.25, -0.2) is 9.37 Å². The number of nitrogens with zero attached hydrogens (tertiary/aromatic N) is 6. The van der Waals surface area contributed by atoms with Gasteiger partial charge in [-0.2, -0.15) is 10.1 Å². The molecule has 0 saturated heterocycles. The summed E-state index contributed by atoms with van der Waals surface area (Å²) in [5, 5.41) is 27.7. The van der Waals surface area contributed by atoms with Crippen LogP contribution in [0.5, 0.6) is 0 Å². The molecule has 40 heavy (non-hydrogen) atoms. The zero-order chi connectivity index (χ0) is 29.2. The second-order valence-electron chi connectivity index (χ2n) is 9.79. The van der Waals surface area contributed by atoms with E-state index in [0.29, 0.717) is 26.9 Å². The number of amides is 2. The van der Waals surface area contributed by atoms with Crippen LogP contribution < -0.4 is 10.6 Å². The number of carbonyl (C=O) groups excluding carboxylic acids is 2. The number of nitriles is 1. The second-order valence-corrected chi connectivity index (χ2v) is 11.3. The number of aromatic nitrogens is 5. The minimum absolute atomic E-state index is 0.0381. The molecule has 4 rings (SSSR count). The number of hydrogen-bond acceptors (Lipinski definition) is 8. The first-order valence-electron chi connectivity index (χ1n) is 12.3. The van der Waals surface area contributed by atoms with Gasteiger partial charge in [0.25, 0.3) is 11.8 Å². The van der Waals surface area contributed by atoms with Crippen LogP contribution in [0.4, 0.5) is 10.1 Å². The molecule has 0 aliphatic rings. The standard InChI is InChI=1S/C27H26ClFN8O2S/c1-14(2)31-24(38)18-11-16(12-30)10-15(3)21(18)33-25(39)23-22(17-8-6-7-9-19(17)28)32-20(40-23)13-37-35-26(34-36-37)27(4,5)29/h6-11,14H,13H2,1-5H3,(H,31,38)(H,33,39). The minimum Gasteiger partial charge on any atom is -0.350 e. The molecule has 13 heteroatoms. The Morgan fingerprint density at radius 3 is 2.58 bits per heavy atom. The summed E-state index contributed by atoms with van der Waals surface area (Å²) >= 11 is 7.54. The summed E-state index contributed by atoms with van der Waals surface area (Å²) in [5.74, 6) is -1.02. The van der Waals surface area contributed by atoms with Crippen LogP contribution in [-0.4, -0.2) is 43.0 Å². The van der Waals surface area contributed by atoms with E-state index in [0.717, 1.165) is 11.3 Å². The van der Waals surface area contributed by atoms with E-state index >= 15 is 0 Å². The highest BCUT2D eigenvalue weighted by atomic mass is 35.5. The Kier molecular flexibility index (Phi) is 8.27. The van der Waals surface area contributed by atoms with Gasteiger partial charge in [-0.15, -0.1) is 21.5 Å². The van der Waals surface area contributed by atoms with E-state index in [-0.39, 0.29) is 40.1 Å². The van der Waals surface area contributed by atoms with Crippen molar-refractivity contribution in [1.82, 2.24) is 30.5 Å². The fourth-order valence-corrected chi connectivity index (χ4v) is 4.97. The fourth-order valence-electron chi connectivity index (χ4n) is 3.80. The highest BCUT2D eigenvalue weighted by Gasteiger charge is 2.27. The molecule has 2 aromatic carbocycles. The smallest absolute Gasteiger partial charge is 0.268 e. The first kappa shape index (κ1) is 28.8. The first-order valence-corrected chi connectivity index (χ1v) is 13.5. The molecule has 4 aromatic rings. The topological polar surface area (TPSA) is 138 Å². The van der Waals surface area contributed by atoms with Crippen molar-refractivity contribution in [2.45, 2.75) is 52.9 Å². The van der Waals surface area contributed by atoms with Crippen molar-refractivity contribution in [3.05, 3.63) is 73.8 Å². The van der Waals surface area contributed by atoms with E-state index in [1.807, 2.05) is 19.9 Å². The third kappa shape index (κ3) is 6.32. The lowest BCUT2D eigenvalue weighted by molar-refractivity contribution is 0.0944. The third-order valence-electron chi connectivity index (χ3n) is 5.64. The lowest BCUT2D eigenvalue weighted by Crippen LogP contribution is -2.31. The Morgan fingerprint density at radius 2 is 1.95 bits per heavy atom. The van der Waals surface area contributed by atoms with Crippen molar-refractivity contribution in [1.29, 1.82) is 5.26 Å². The molecule has 2 N–H and O–H groups in total. The Bertz CT molecular complexity index is 1630. The van der Waals surface area contributed by atoms with Gasteiger partial charge in [-0.3, -0.25) is 9.59 Å².